The highest BCUT2D eigenvalue weighted by Crippen LogP contribution is 2.37. The van der Waals surface area contributed by atoms with Crippen molar-refractivity contribution in [1.82, 2.24) is 9.88 Å². The van der Waals surface area contributed by atoms with Crippen molar-refractivity contribution in [3.05, 3.63) is 46.8 Å². The van der Waals surface area contributed by atoms with Crippen LogP contribution in [0.1, 0.15) is 18.4 Å². The molecular formula is C17H20N2O2S. The topological polar surface area (TPSA) is 34.6 Å². The molecule has 2 aliphatic heterocycles. The van der Waals surface area contributed by atoms with Gasteiger partial charge in [-0.1, -0.05) is 6.07 Å². The zero-order valence-corrected chi connectivity index (χ0v) is 13.3. The van der Waals surface area contributed by atoms with Crippen LogP contribution in [0.5, 0.6) is 5.88 Å². The van der Waals surface area contributed by atoms with E-state index < -0.39 is 0 Å². The Balaban J connectivity index is 1.34. The molecule has 4 heterocycles. The smallest absolute Gasteiger partial charge is 0.213 e. The highest BCUT2D eigenvalue weighted by atomic mass is 32.1. The summed E-state index contributed by atoms with van der Waals surface area (Å²) in [6.45, 7) is 3.81. The number of pyridine rings is 1. The molecule has 0 amide bonds. The summed E-state index contributed by atoms with van der Waals surface area (Å²) in [6.07, 6.45) is 3.94. The number of hydrogen-bond donors (Lipinski definition) is 0. The first-order chi connectivity index (χ1) is 10.8. The second kappa shape index (κ2) is 5.99. The second-order valence-corrected chi connectivity index (χ2v) is 6.98. The van der Waals surface area contributed by atoms with Crippen LogP contribution >= 0.6 is 11.3 Å². The number of rotatable bonds is 4. The van der Waals surface area contributed by atoms with Gasteiger partial charge in [0.2, 0.25) is 5.88 Å². The first-order valence-electron chi connectivity index (χ1n) is 7.76. The number of hydrogen-bond acceptors (Lipinski definition) is 5. The predicted octanol–water partition coefficient (Wildman–Crippen LogP) is 2.96. The minimum absolute atomic E-state index is 0.0184. The molecule has 22 heavy (non-hydrogen) atoms. The van der Waals surface area contributed by atoms with Gasteiger partial charge in [-0.15, -0.1) is 0 Å². The summed E-state index contributed by atoms with van der Waals surface area (Å²) in [7, 11) is 0. The molecule has 0 aliphatic carbocycles. The van der Waals surface area contributed by atoms with Gasteiger partial charge >= 0.3 is 0 Å². The third-order valence-corrected chi connectivity index (χ3v) is 5.21. The van der Waals surface area contributed by atoms with Crippen LogP contribution in [0.2, 0.25) is 0 Å². The van der Waals surface area contributed by atoms with E-state index in [1.807, 2.05) is 18.2 Å². The van der Waals surface area contributed by atoms with Crippen molar-refractivity contribution < 1.29 is 9.47 Å². The molecule has 0 saturated carbocycles. The third kappa shape index (κ3) is 3.02. The molecule has 116 valence electrons. The normalized spacial score (nSPS) is 28.5. The number of thiophene rings is 1. The quantitative estimate of drug-likeness (QED) is 0.868. The Bertz CT molecular complexity index is 604. The fraction of sp³-hybridized carbons (Fsp3) is 0.471. The summed E-state index contributed by atoms with van der Waals surface area (Å²) < 4.78 is 12.1. The van der Waals surface area contributed by atoms with Crippen LogP contribution in [-0.4, -0.2) is 41.3 Å². The van der Waals surface area contributed by atoms with Crippen molar-refractivity contribution in [1.29, 1.82) is 0 Å². The summed E-state index contributed by atoms with van der Waals surface area (Å²) in [6, 6.07) is 7.96. The van der Waals surface area contributed by atoms with Gasteiger partial charge in [0, 0.05) is 38.3 Å². The van der Waals surface area contributed by atoms with Crippen LogP contribution in [0.4, 0.5) is 0 Å². The Morgan fingerprint density at radius 1 is 1.41 bits per heavy atom. The molecule has 2 aliphatic rings. The molecule has 2 aromatic heterocycles. The van der Waals surface area contributed by atoms with E-state index in [4.69, 9.17) is 9.47 Å². The standard InChI is InChI=1S/C17H20N2O2S/c1-2-6-18-16(3-1)21-15-9-17(20-11-15)5-7-19(13-17)10-14-4-8-22-12-14/h1-4,6,8,12,15H,5,7,9-11,13H2/t15-,17+/m1/s1. The van der Waals surface area contributed by atoms with Crippen molar-refractivity contribution in [3.8, 4) is 5.88 Å². The Hall–Kier alpha value is -1.43. The van der Waals surface area contributed by atoms with Crippen LogP contribution in [0.3, 0.4) is 0 Å². The van der Waals surface area contributed by atoms with Crippen molar-refractivity contribution in [3.63, 3.8) is 0 Å². The zero-order chi connectivity index (χ0) is 14.8. The first-order valence-corrected chi connectivity index (χ1v) is 8.71. The van der Waals surface area contributed by atoms with E-state index in [1.165, 1.54) is 5.56 Å². The van der Waals surface area contributed by atoms with Gasteiger partial charge in [-0.05, 0) is 34.9 Å². The molecule has 2 aromatic rings. The molecular weight excluding hydrogens is 296 g/mol. The number of aromatic nitrogens is 1. The van der Waals surface area contributed by atoms with Crippen molar-refractivity contribution in [2.24, 2.45) is 0 Å². The first kappa shape index (κ1) is 14.2. The van der Waals surface area contributed by atoms with E-state index in [2.05, 4.69) is 26.7 Å². The Morgan fingerprint density at radius 3 is 3.23 bits per heavy atom. The maximum absolute atomic E-state index is 6.14. The fourth-order valence-electron chi connectivity index (χ4n) is 3.45. The molecule has 0 aromatic carbocycles. The molecule has 0 N–H and O–H groups in total. The molecule has 1 spiro atoms. The maximum Gasteiger partial charge on any atom is 0.213 e. The van der Waals surface area contributed by atoms with Crippen molar-refractivity contribution >= 4 is 11.3 Å². The summed E-state index contributed by atoms with van der Waals surface area (Å²) in [5.41, 5.74) is 1.39. The lowest BCUT2D eigenvalue weighted by Crippen LogP contribution is -2.33. The largest absolute Gasteiger partial charge is 0.472 e. The van der Waals surface area contributed by atoms with E-state index >= 15 is 0 Å². The fourth-order valence-corrected chi connectivity index (χ4v) is 4.11. The molecule has 2 saturated heterocycles. The SMILES string of the molecule is c1ccc(O[C@H]2CO[C@@]3(CCN(Cc4ccsc4)C3)C2)nc1. The zero-order valence-electron chi connectivity index (χ0n) is 12.5. The monoisotopic (exact) mass is 316 g/mol. The van der Waals surface area contributed by atoms with Crippen LogP contribution < -0.4 is 4.74 Å². The lowest BCUT2D eigenvalue weighted by Gasteiger charge is -2.23. The molecule has 0 radical (unpaired) electrons. The lowest BCUT2D eigenvalue weighted by atomic mass is 9.98. The van der Waals surface area contributed by atoms with Gasteiger partial charge < -0.3 is 9.47 Å². The number of likely N-dealkylation sites (tertiary alicyclic amines) is 1. The van der Waals surface area contributed by atoms with Crippen molar-refractivity contribution in [2.45, 2.75) is 31.1 Å². The Labute approximate surface area is 134 Å². The van der Waals surface area contributed by atoms with E-state index in [9.17, 15) is 0 Å². The molecule has 0 bridgehead atoms. The van der Waals surface area contributed by atoms with E-state index in [-0.39, 0.29) is 11.7 Å². The van der Waals surface area contributed by atoms with Gasteiger partial charge in [0.1, 0.15) is 6.10 Å². The molecule has 5 heteroatoms. The minimum Gasteiger partial charge on any atom is -0.472 e. The summed E-state index contributed by atoms with van der Waals surface area (Å²) in [4.78, 5) is 6.73. The van der Waals surface area contributed by atoms with Gasteiger partial charge in [0.05, 0.1) is 12.2 Å². The van der Waals surface area contributed by atoms with E-state index in [0.717, 1.165) is 32.5 Å². The van der Waals surface area contributed by atoms with Gasteiger partial charge in [-0.2, -0.15) is 11.3 Å². The Morgan fingerprint density at radius 2 is 2.41 bits per heavy atom. The number of ether oxygens (including phenoxy) is 2. The molecule has 0 unspecified atom stereocenters. The molecule has 2 atom stereocenters. The number of nitrogens with zero attached hydrogens (tertiary/aromatic N) is 2. The van der Waals surface area contributed by atoms with Gasteiger partial charge in [-0.25, -0.2) is 4.98 Å². The molecule has 4 rings (SSSR count). The molecule has 2 fully saturated rings. The van der Waals surface area contributed by atoms with Gasteiger partial charge in [-0.3, -0.25) is 4.90 Å². The van der Waals surface area contributed by atoms with E-state index in [0.29, 0.717) is 12.5 Å². The summed E-state index contributed by atoms with van der Waals surface area (Å²) in [5.74, 6) is 0.696. The lowest BCUT2D eigenvalue weighted by molar-refractivity contribution is 0.00924. The summed E-state index contributed by atoms with van der Waals surface area (Å²) >= 11 is 1.76. The highest BCUT2D eigenvalue weighted by Gasteiger charge is 2.46. The summed E-state index contributed by atoms with van der Waals surface area (Å²) in [5, 5.41) is 4.37. The predicted molar refractivity (Wildman–Crippen MR) is 86.2 cm³/mol. The van der Waals surface area contributed by atoms with E-state index in [1.54, 1.807) is 17.5 Å². The average molecular weight is 316 g/mol. The van der Waals surface area contributed by atoms with Gasteiger partial charge in [0.15, 0.2) is 0 Å². The van der Waals surface area contributed by atoms with Gasteiger partial charge in [0.25, 0.3) is 0 Å². The van der Waals surface area contributed by atoms with Crippen LogP contribution in [0.25, 0.3) is 0 Å². The maximum atomic E-state index is 6.14. The van der Waals surface area contributed by atoms with Crippen LogP contribution in [0, 0.1) is 0 Å². The van der Waals surface area contributed by atoms with Crippen molar-refractivity contribution in [2.75, 3.05) is 19.7 Å². The second-order valence-electron chi connectivity index (χ2n) is 6.20. The van der Waals surface area contributed by atoms with Crippen LogP contribution in [-0.2, 0) is 11.3 Å². The highest BCUT2D eigenvalue weighted by molar-refractivity contribution is 7.07. The third-order valence-electron chi connectivity index (χ3n) is 4.48. The minimum atomic E-state index is -0.0184. The van der Waals surface area contributed by atoms with Crippen LogP contribution in [0.15, 0.2) is 41.2 Å². The molecule has 4 nitrogen and oxygen atoms in total. The average Bonchev–Trinajstić information content (AvgIpc) is 3.25. The Kier molecular flexibility index (Phi) is 3.86.